The number of aliphatic hydroxyl groups is 2. The number of hydrogen-bond acceptors (Lipinski definition) is 5. The molecule has 0 heterocycles. The van der Waals surface area contributed by atoms with Crippen molar-refractivity contribution in [1.29, 1.82) is 5.26 Å². The summed E-state index contributed by atoms with van der Waals surface area (Å²) in [6.07, 6.45) is 3.04. The number of carbonyl (C=O) groups is 1. The van der Waals surface area contributed by atoms with E-state index in [1.54, 1.807) is 0 Å². The van der Waals surface area contributed by atoms with Gasteiger partial charge in [-0.1, -0.05) is 63.2 Å². The van der Waals surface area contributed by atoms with E-state index in [-0.39, 0.29) is 24.9 Å². The van der Waals surface area contributed by atoms with Gasteiger partial charge >= 0.3 is 0 Å². The summed E-state index contributed by atoms with van der Waals surface area (Å²) in [4.78, 5) is 14.1. The molecule has 0 aromatic heterocycles. The van der Waals surface area contributed by atoms with E-state index in [0.29, 0.717) is 17.5 Å². The zero-order chi connectivity index (χ0) is 24.4. The first kappa shape index (κ1) is 26.7. The molecule has 178 valence electrons. The van der Waals surface area contributed by atoms with Crippen LogP contribution < -0.4 is 0 Å². The third-order valence-electron chi connectivity index (χ3n) is 6.74. The number of aliphatic hydroxyl groups excluding tert-OH is 2. The lowest BCUT2D eigenvalue weighted by Gasteiger charge is -2.32. The van der Waals surface area contributed by atoms with Crippen molar-refractivity contribution in [3.8, 4) is 6.07 Å². The molecule has 0 bridgehead atoms. The zero-order valence-electron chi connectivity index (χ0n) is 20.5. The first-order valence-electron chi connectivity index (χ1n) is 11.9. The number of likely N-dealkylation sites (N-methyl/N-ethyl adjacent to an activating group) is 1. The summed E-state index contributed by atoms with van der Waals surface area (Å²) in [6.45, 7) is 7.52. The summed E-state index contributed by atoms with van der Waals surface area (Å²) in [5, 5.41) is 29.4. The Morgan fingerprint density at radius 2 is 1.73 bits per heavy atom. The van der Waals surface area contributed by atoms with Crippen molar-refractivity contribution in [1.82, 2.24) is 4.90 Å². The SMILES string of the molecule is CCC(=O)c1ccc(CCN(C)CCCC(C#N)(c2ccc(CO)c(CO)c2)C(C)C)cc1. The minimum Gasteiger partial charge on any atom is -0.392 e. The summed E-state index contributed by atoms with van der Waals surface area (Å²) in [5.41, 5.74) is 3.63. The molecule has 0 aliphatic carbocycles. The van der Waals surface area contributed by atoms with Gasteiger partial charge in [-0.3, -0.25) is 4.79 Å². The van der Waals surface area contributed by atoms with Crippen LogP contribution in [0.5, 0.6) is 0 Å². The van der Waals surface area contributed by atoms with Crippen LogP contribution in [0.3, 0.4) is 0 Å². The largest absolute Gasteiger partial charge is 0.392 e. The number of benzene rings is 2. The number of rotatable bonds is 13. The zero-order valence-corrected chi connectivity index (χ0v) is 20.5. The van der Waals surface area contributed by atoms with Crippen molar-refractivity contribution in [3.63, 3.8) is 0 Å². The van der Waals surface area contributed by atoms with Crippen molar-refractivity contribution in [2.24, 2.45) is 5.92 Å². The second kappa shape index (κ2) is 12.6. The maximum atomic E-state index is 11.8. The highest BCUT2D eigenvalue weighted by atomic mass is 16.3. The highest BCUT2D eigenvalue weighted by Crippen LogP contribution is 2.37. The fourth-order valence-electron chi connectivity index (χ4n) is 4.34. The Kier molecular flexibility index (Phi) is 10.2. The molecule has 2 rings (SSSR count). The van der Waals surface area contributed by atoms with Crippen molar-refractivity contribution in [2.45, 2.75) is 65.1 Å². The number of hydrogen-bond donors (Lipinski definition) is 2. The summed E-state index contributed by atoms with van der Waals surface area (Å²) >= 11 is 0. The van der Waals surface area contributed by atoms with E-state index in [9.17, 15) is 20.3 Å². The molecule has 2 aromatic rings. The van der Waals surface area contributed by atoms with Gasteiger partial charge in [-0.2, -0.15) is 5.26 Å². The summed E-state index contributed by atoms with van der Waals surface area (Å²) in [5.74, 6) is 0.283. The average molecular weight is 451 g/mol. The standard InChI is InChI=1S/C28H38N2O3/c1-5-27(33)23-9-7-22(8-10-23)13-16-30(4)15-6-14-28(20-29,21(2)3)26-12-11-24(18-31)25(17-26)19-32/h7-12,17,21,31-32H,5-6,13-16,18-19H2,1-4H3. The first-order valence-corrected chi connectivity index (χ1v) is 11.9. The maximum absolute atomic E-state index is 11.8. The predicted octanol–water partition coefficient (Wildman–Crippen LogP) is 4.64. The normalized spacial score (nSPS) is 13.2. The molecule has 33 heavy (non-hydrogen) atoms. The van der Waals surface area contributed by atoms with Crippen molar-refractivity contribution < 1.29 is 15.0 Å². The molecule has 1 unspecified atom stereocenters. The third kappa shape index (κ3) is 6.74. The Morgan fingerprint density at radius 1 is 1.06 bits per heavy atom. The maximum Gasteiger partial charge on any atom is 0.162 e. The monoisotopic (exact) mass is 450 g/mol. The molecule has 2 N–H and O–H groups in total. The molecule has 5 nitrogen and oxygen atoms in total. The fraction of sp³-hybridized carbons (Fsp3) is 0.500. The molecular formula is C28H38N2O3. The highest BCUT2D eigenvalue weighted by Gasteiger charge is 2.36. The van der Waals surface area contributed by atoms with E-state index in [4.69, 9.17) is 0 Å². The number of carbonyl (C=O) groups excluding carboxylic acids is 1. The molecule has 0 fully saturated rings. The van der Waals surface area contributed by atoms with Gasteiger partial charge in [-0.05, 0) is 61.0 Å². The van der Waals surface area contributed by atoms with Gasteiger partial charge in [0.2, 0.25) is 0 Å². The predicted molar refractivity (Wildman–Crippen MR) is 132 cm³/mol. The molecule has 0 aliphatic rings. The number of Topliss-reactive ketones (excluding diaryl/α,β-unsaturated/α-hetero) is 1. The minimum atomic E-state index is -0.639. The number of nitrogens with zero attached hydrogens (tertiary/aromatic N) is 2. The van der Waals surface area contributed by atoms with E-state index in [2.05, 4.69) is 31.9 Å². The van der Waals surface area contributed by atoms with Crippen LogP contribution in [0.2, 0.25) is 0 Å². The van der Waals surface area contributed by atoms with Gasteiger partial charge in [0, 0.05) is 18.5 Å². The molecule has 0 saturated heterocycles. The average Bonchev–Trinajstić information content (AvgIpc) is 2.84. The molecule has 0 aliphatic heterocycles. The Bertz CT molecular complexity index is 947. The molecule has 0 amide bonds. The Labute approximate surface area is 198 Å². The second-order valence-corrected chi connectivity index (χ2v) is 9.17. The van der Waals surface area contributed by atoms with Gasteiger partial charge in [0.25, 0.3) is 0 Å². The summed E-state index contributed by atoms with van der Waals surface area (Å²) in [7, 11) is 2.10. The van der Waals surface area contributed by atoms with Crippen LogP contribution in [0, 0.1) is 17.2 Å². The molecule has 5 heteroatoms. The third-order valence-corrected chi connectivity index (χ3v) is 6.74. The van der Waals surface area contributed by atoms with Gasteiger partial charge in [0.15, 0.2) is 5.78 Å². The lowest BCUT2D eigenvalue weighted by atomic mass is 9.69. The molecule has 1 atom stereocenters. The lowest BCUT2D eigenvalue weighted by Crippen LogP contribution is -2.33. The van der Waals surface area contributed by atoms with Crippen molar-refractivity contribution in [2.75, 3.05) is 20.1 Å². The fourth-order valence-corrected chi connectivity index (χ4v) is 4.34. The first-order chi connectivity index (χ1) is 15.8. The lowest BCUT2D eigenvalue weighted by molar-refractivity contribution is 0.0988. The van der Waals surface area contributed by atoms with Crippen molar-refractivity contribution >= 4 is 5.78 Å². The highest BCUT2D eigenvalue weighted by molar-refractivity contribution is 5.95. The van der Waals surface area contributed by atoms with Crippen LogP contribution in [0.4, 0.5) is 0 Å². The van der Waals surface area contributed by atoms with Crippen molar-refractivity contribution in [3.05, 3.63) is 70.3 Å². The van der Waals surface area contributed by atoms with Crippen LogP contribution in [0.25, 0.3) is 0 Å². The molecule has 0 spiro atoms. The van der Waals surface area contributed by atoms with Crippen LogP contribution >= 0.6 is 0 Å². The minimum absolute atomic E-state index is 0.115. The van der Waals surface area contributed by atoms with Gasteiger partial charge in [-0.15, -0.1) is 0 Å². The molecule has 0 radical (unpaired) electrons. The van der Waals surface area contributed by atoms with E-state index < -0.39 is 5.41 Å². The number of ketones is 1. The molecule has 0 saturated carbocycles. The van der Waals surface area contributed by atoms with Gasteiger partial charge in [-0.25, -0.2) is 0 Å². The number of nitriles is 1. The summed E-state index contributed by atoms with van der Waals surface area (Å²) in [6, 6.07) is 16.1. The molecular weight excluding hydrogens is 412 g/mol. The Hall–Kier alpha value is -2.52. The molecule has 2 aromatic carbocycles. The quantitative estimate of drug-likeness (QED) is 0.435. The van der Waals surface area contributed by atoms with Crippen LogP contribution in [-0.2, 0) is 25.0 Å². The van der Waals surface area contributed by atoms with Crippen LogP contribution in [0.1, 0.15) is 72.6 Å². The van der Waals surface area contributed by atoms with Crippen LogP contribution in [-0.4, -0.2) is 41.0 Å². The summed E-state index contributed by atoms with van der Waals surface area (Å²) < 4.78 is 0. The Balaban J connectivity index is 1.99. The smallest absolute Gasteiger partial charge is 0.162 e. The van der Waals surface area contributed by atoms with E-state index >= 15 is 0 Å². The van der Waals surface area contributed by atoms with Gasteiger partial charge < -0.3 is 15.1 Å². The topological polar surface area (TPSA) is 84.6 Å². The van der Waals surface area contributed by atoms with Gasteiger partial charge in [0.05, 0.1) is 24.7 Å². The van der Waals surface area contributed by atoms with E-state index in [1.807, 2.05) is 49.4 Å². The second-order valence-electron chi connectivity index (χ2n) is 9.17. The van der Waals surface area contributed by atoms with Crippen LogP contribution in [0.15, 0.2) is 42.5 Å². The van der Waals surface area contributed by atoms with Gasteiger partial charge in [0.1, 0.15) is 0 Å². The Morgan fingerprint density at radius 3 is 2.27 bits per heavy atom. The van der Waals surface area contributed by atoms with E-state index in [0.717, 1.165) is 43.5 Å². The van der Waals surface area contributed by atoms with E-state index in [1.165, 1.54) is 5.56 Å².